The Balaban J connectivity index is 1.63. The van der Waals surface area contributed by atoms with Gasteiger partial charge in [0.25, 0.3) is 0 Å². The first kappa shape index (κ1) is 16.6. The Bertz CT molecular complexity index is 510. The van der Waals surface area contributed by atoms with E-state index >= 15 is 0 Å². The van der Waals surface area contributed by atoms with Gasteiger partial charge >= 0.3 is 0 Å². The van der Waals surface area contributed by atoms with Gasteiger partial charge in [-0.25, -0.2) is 9.97 Å². The van der Waals surface area contributed by atoms with Crippen LogP contribution in [0.4, 0.5) is 5.95 Å². The van der Waals surface area contributed by atoms with E-state index in [2.05, 4.69) is 52.5 Å². The van der Waals surface area contributed by atoms with E-state index in [1.54, 1.807) is 0 Å². The minimum absolute atomic E-state index is 0.0582. The molecule has 0 bridgehead atoms. The SMILES string of the molecule is CC1CN(Cc2cnc(N3CCN(C)CC3)nc2)C(C)(C)CO1. The van der Waals surface area contributed by atoms with E-state index in [0.717, 1.165) is 51.8 Å². The normalized spacial score (nSPS) is 26.4. The number of nitrogens with zero attached hydrogens (tertiary/aromatic N) is 5. The molecule has 2 aliphatic rings. The van der Waals surface area contributed by atoms with Crippen molar-refractivity contribution in [3.8, 4) is 0 Å². The fraction of sp³-hybridized carbons (Fsp3) is 0.765. The zero-order valence-electron chi connectivity index (χ0n) is 14.8. The maximum atomic E-state index is 5.78. The molecule has 1 aromatic heterocycles. The van der Waals surface area contributed by atoms with Gasteiger partial charge < -0.3 is 14.5 Å². The lowest BCUT2D eigenvalue weighted by molar-refractivity contribution is -0.0950. The summed E-state index contributed by atoms with van der Waals surface area (Å²) in [5.41, 5.74) is 1.23. The average Bonchev–Trinajstić information content (AvgIpc) is 2.53. The van der Waals surface area contributed by atoms with E-state index in [1.807, 2.05) is 12.4 Å². The zero-order valence-corrected chi connectivity index (χ0v) is 14.8. The number of aromatic nitrogens is 2. The summed E-state index contributed by atoms with van der Waals surface area (Å²) in [6, 6.07) is 0. The molecule has 1 atom stereocenters. The minimum atomic E-state index is 0.0582. The van der Waals surface area contributed by atoms with E-state index < -0.39 is 0 Å². The first-order valence-electron chi connectivity index (χ1n) is 8.55. The van der Waals surface area contributed by atoms with Crippen molar-refractivity contribution >= 4 is 5.95 Å². The quantitative estimate of drug-likeness (QED) is 0.835. The van der Waals surface area contributed by atoms with E-state index in [1.165, 1.54) is 5.56 Å². The van der Waals surface area contributed by atoms with Crippen LogP contribution in [0.3, 0.4) is 0 Å². The van der Waals surface area contributed by atoms with Crippen molar-refractivity contribution < 1.29 is 4.74 Å². The number of hydrogen-bond acceptors (Lipinski definition) is 6. The van der Waals surface area contributed by atoms with Gasteiger partial charge in [0.05, 0.1) is 12.7 Å². The summed E-state index contributed by atoms with van der Waals surface area (Å²) in [7, 11) is 2.16. The number of anilines is 1. The van der Waals surface area contributed by atoms with Gasteiger partial charge in [0.1, 0.15) is 0 Å². The van der Waals surface area contributed by atoms with Gasteiger partial charge in [0.2, 0.25) is 5.95 Å². The smallest absolute Gasteiger partial charge is 0.225 e. The molecular formula is C17H29N5O. The summed E-state index contributed by atoms with van der Waals surface area (Å²) in [4.78, 5) is 16.3. The molecule has 3 rings (SSSR count). The number of likely N-dealkylation sites (N-methyl/N-ethyl adjacent to an activating group) is 1. The largest absolute Gasteiger partial charge is 0.375 e. The Morgan fingerprint density at radius 1 is 1.17 bits per heavy atom. The predicted octanol–water partition coefficient (Wildman–Crippen LogP) is 1.23. The average molecular weight is 319 g/mol. The number of ether oxygens (including phenoxy) is 1. The molecule has 0 spiro atoms. The molecule has 6 nitrogen and oxygen atoms in total. The van der Waals surface area contributed by atoms with Crippen LogP contribution in [-0.2, 0) is 11.3 Å². The molecule has 0 radical (unpaired) electrons. The maximum Gasteiger partial charge on any atom is 0.225 e. The second-order valence-electron chi connectivity index (χ2n) is 7.50. The summed E-state index contributed by atoms with van der Waals surface area (Å²) in [6.07, 6.45) is 4.25. The molecule has 2 fully saturated rings. The number of rotatable bonds is 3. The van der Waals surface area contributed by atoms with Crippen LogP contribution in [0.25, 0.3) is 0 Å². The first-order valence-corrected chi connectivity index (χ1v) is 8.55. The monoisotopic (exact) mass is 319 g/mol. The van der Waals surface area contributed by atoms with Crippen molar-refractivity contribution in [2.24, 2.45) is 0 Å². The summed E-state index contributed by atoms with van der Waals surface area (Å²) in [5.74, 6) is 0.858. The lowest BCUT2D eigenvalue weighted by Crippen LogP contribution is -2.54. The van der Waals surface area contributed by atoms with E-state index in [0.29, 0.717) is 0 Å². The molecule has 1 unspecified atom stereocenters. The van der Waals surface area contributed by atoms with Crippen molar-refractivity contribution in [1.82, 2.24) is 19.8 Å². The minimum Gasteiger partial charge on any atom is -0.375 e. The van der Waals surface area contributed by atoms with Gasteiger partial charge in [0, 0.05) is 62.8 Å². The molecule has 0 N–H and O–H groups in total. The van der Waals surface area contributed by atoms with Crippen LogP contribution in [0.2, 0.25) is 0 Å². The molecule has 23 heavy (non-hydrogen) atoms. The number of hydrogen-bond donors (Lipinski definition) is 0. The van der Waals surface area contributed by atoms with Gasteiger partial charge in [-0.15, -0.1) is 0 Å². The summed E-state index contributed by atoms with van der Waals surface area (Å²) >= 11 is 0. The van der Waals surface area contributed by atoms with Gasteiger partial charge in [-0.3, -0.25) is 4.90 Å². The standard InChI is InChI=1S/C17H29N5O/c1-14-11-22(17(2,3)13-23-14)12-15-9-18-16(19-10-15)21-7-5-20(4)6-8-21/h9-10,14H,5-8,11-13H2,1-4H3. The molecule has 0 amide bonds. The summed E-state index contributed by atoms with van der Waals surface area (Å²) in [6.45, 7) is 13.4. The topological polar surface area (TPSA) is 44.7 Å². The van der Waals surface area contributed by atoms with Crippen molar-refractivity contribution in [1.29, 1.82) is 0 Å². The van der Waals surface area contributed by atoms with Crippen LogP contribution < -0.4 is 4.90 Å². The second-order valence-corrected chi connectivity index (χ2v) is 7.50. The highest BCUT2D eigenvalue weighted by atomic mass is 16.5. The second kappa shape index (κ2) is 6.71. The molecule has 6 heteroatoms. The Hall–Kier alpha value is -1.24. The van der Waals surface area contributed by atoms with Crippen LogP contribution in [0.5, 0.6) is 0 Å². The Kier molecular flexibility index (Phi) is 4.85. The maximum absolute atomic E-state index is 5.78. The van der Waals surface area contributed by atoms with Gasteiger partial charge in [-0.1, -0.05) is 0 Å². The highest BCUT2D eigenvalue weighted by Crippen LogP contribution is 2.24. The molecule has 0 saturated carbocycles. The van der Waals surface area contributed by atoms with Gasteiger partial charge in [-0.2, -0.15) is 0 Å². The van der Waals surface area contributed by atoms with E-state index in [-0.39, 0.29) is 11.6 Å². The Labute approximate surface area is 139 Å². The summed E-state index contributed by atoms with van der Waals surface area (Å²) in [5, 5.41) is 0. The highest BCUT2D eigenvalue weighted by Gasteiger charge is 2.33. The Morgan fingerprint density at radius 3 is 2.48 bits per heavy atom. The van der Waals surface area contributed by atoms with Crippen molar-refractivity contribution in [3.05, 3.63) is 18.0 Å². The molecule has 0 aromatic carbocycles. The van der Waals surface area contributed by atoms with Gasteiger partial charge in [-0.05, 0) is 27.8 Å². The van der Waals surface area contributed by atoms with Crippen molar-refractivity contribution in [2.75, 3.05) is 51.3 Å². The molecular weight excluding hydrogens is 290 g/mol. The van der Waals surface area contributed by atoms with Crippen molar-refractivity contribution in [3.63, 3.8) is 0 Å². The summed E-state index contributed by atoms with van der Waals surface area (Å²) < 4.78 is 5.78. The van der Waals surface area contributed by atoms with Crippen molar-refractivity contribution in [2.45, 2.75) is 39.0 Å². The van der Waals surface area contributed by atoms with Crippen LogP contribution in [0.15, 0.2) is 12.4 Å². The van der Waals surface area contributed by atoms with Crippen LogP contribution >= 0.6 is 0 Å². The lowest BCUT2D eigenvalue weighted by Gasteiger charge is -2.44. The van der Waals surface area contributed by atoms with Crippen LogP contribution in [0.1, 0.15) is 26.3 Å². The zero-order chi connectivity index (χ0) is 16.4. The third-order valence-electron chi connectivity index (χ3n) is 4.91. The highest BCUT2D eigenvalue weighted by molar-refractivity contribution is 5.30. The molecule has 128 valence electrons. The van der Waals surface area contributed by atoms with Crippen LogP contribution in [-0.4, -0.2) is 77.8 Å². The fourth-order valence-corrected chi connectivity index (χ4v) is 3.15. The van der Waals surface area contributed by atoms with Crippen LogP contribution in [0, 0.1) is 0 Å². The van der Waals surface area contributed by atoms with E-state index in [9.17, 15) is 0 Å². The van der Waals surface area contributed by atoms with E-state index in [4.69, 9.17) is 4.74 Å². The third kappa shape index (κ3) is 4.00. The molecule has 2 aliphatic heterocycles. The first-order chi connectivity index (χ1) is 10.9. The molecule has 2 saturated heterocycles. The molecule has 0 aliphatic carbocycles. The lowest BCUT2D eigenvalue weighted by atomic mass is 10.0. The Morgan fingerprint density at radius 2 is 1.83 bits per heavy atom. The molecule has 1 aromatic rings. The predicted molar refractivity (Wildman–Crippen MR) is 91.6 cm³/mol. The number of morpholine rings is 1. The van der Waals surface area contributed by atoms with Gasteiger partial charge in [0.15, 0.2) is 0 Å². The number of piperazine rings is 1. The molecule has 3 heterocycles. The third-order valence-corrected chi connectivity index (χ3v) is 4.91. The fourth-order valence-electron chi connectivity index (χ4n) is 3.15.